The van der Waals surface area contributed by atoms with Gasteiger partial charge in [0.05, 0.1) is 51.6 Å². The Bertz CT molecular complexity index is 2770. The van der Waals surface area contributed by atoms with Gasteiger partial charge < -0.3 is 29.1 Å². The molecule has 0 saturated carbocycles. The summed E-state index contributed by atoms with van der Waals surface area (Å²) in [7, 11) is 1.76. The van der Waals surface area contributed by atoms with E-state index in [0.29, 0.717) is 5.92 Å². The number of anilines is 3. The number of methoxy groups -OCH3 is 1. The Kier molecular flexibility index (Phi) is 16.8. The number of aliphatic hydroxyl groups is 1. The second-order valence-corrected chi connectivity index (χ2v) is 21.1. The number of aliphatic hydroxyl groups excluding tert-OH is 1. The molecule has 0 aromatic carbocycles. The number of thiophene rings is 3. The van der Waals surface area contributed by atoms with E-state index in [1.54, 1.807) is 46.9 Å². The Hall–Kier alpha value is -5.34. The molecule has 19 heteroatoms. The number of fused-ring (bicyclic) bond motifs is 3. The largest absolute Gasteiger partial charge is 0.396 e. The van der Waals surface area contributed by atoms with E-state index in [9.17, 15) is 14.4 Å². The highest BCUT2D eigenvalue weighted by molar-refractivity contribution is 7.22. The second-order valence-electron chi connectivity index (χ2n) is 17.9. The van der Waals surface area contributed by atoms with Gasteiger partial charge >= 0.3 is 0 Å². The molecule has 3 saturated heterocycles. The van der Waals surface area contributed by atoms with Crippen molar-refractivity contribution in [3.05, 3.63) is 70.5 Å². The number of hydrogen-bond donors (Lipinski definition) is 1. The minimum atomic E-state index is 0.0746. The van der Waals surface area contributed by atoms with E-state index in [0.717, 1.165) is 153 Å². The van der Waals surface area contributed by atoms with E-state index < -0.39 is 0 Å². The van der Waals surface area contributed by atoms with Gasteiger partial charge in [0.1, 0.15) is 36.4 Å². The number of aromatic nitrogens is 8. The summed E-state index contributed by atoms with van der Waals surface area (Å²) in [5, 5.41) is 9.03. The third-order valence-electron chi connectivity index (χ3n) is 13.3. The maximum Gasteiger partial charge on any atom is 0.169 e. The minimum absolute atomic E-state index is 0.0746. The molecule has 16 nitrogen and oxygen atoms in total. The number of imidazole rings is 1. The van der Waals surface area contributed by atoms with Crippen LogP contribution in [0.3, 0.4) is 0 Å². The van der Waals surface area contributed by atoms with Crippen molar-refractivity contribution < 1.29 is 24.2 Å². The lowest BCUT2D eigenvalue weighted by molar-refractivity contribution is 0.101. The number of ether oxygens (including phenoxy) is 1. The molecule has 0 radical (unpaired) electrons. The van der Waals surface area contributed by atoms with Crippen LogP contribution < -0.4 is 14.7 Å². The van der Waals surface area contributed by atoms with Gasteiger partial charge in [-0.15, -0.1) is 34.0 Å². The Morgan fingerprint density at radius 3 is 1.31 bits per heavy atom. The number of rotatable bonds is 14. The molecule has 3 aliphatic heterocycles. The number of ketones is 3. The first-order valence-corrected chi connectivity index (χ1v) is 26.1. The molecule has 0 unspecified atom stereocenters. The highest BCUT2D eigenvalue weighted by Crippen LogP contribution is 2.37. The molecule has 7 aromatic rings. The van der Waals surface area contributed by atoms with Gasteiger partial charge in [-0.2, -0.15) is 0 Å². The van der Waals surface area contributed by atoms with E-state index in [1.807, 2.05) is 36.9 Å². The molecule has 0 spiro atoms. The van der Waals surface area contributed by atoms with Gasteiger partial charge in [0.15, 0.2) is 17.3 Å². The molecule has 10 rings (SSSR count). The van der Waals surface area contributed by atoms with Crippen LogP contribution in [0.5, 0.6) is 0 Å². The fourth-order valence-corrected chi connectivity index (χ4v) is 12.3. The first kappa shape index (κ1) is 49.1. The molecule has 0 bridgehead atoms. The molecule has 0 atom stereocenters. The first-order chi connectivity index (χ1) is 33.1. The molecular weight excluding hydrogens is 919 g/mol. The fourth-order valence-electron chi connectivity index (χ4n) is 9.24. The van der Waals surface area contributed by atoms with Crippen LogP contribution in [-0.2, 0) is 11.3 Å². The van der Waals surface area contributed by atoms with Crippen LogP contribution in [0.1, 0.15) is 108 Å². The summed E-state index contributed by atoms with van der Waals surface area (Å²) in [5.41, 5.74) is 2.61. The van der Waals surface area contributed by atoms with Gasteiger partial charge in [-0.3, -0.25) is 14.4 Å². The average Bonchev–Trinajstić information content (AvgIpc) is 4.20. The maximum atomic E-state index is 11.7. The monoisotopic (exact) mass is 979 g/mol. The lowest BCUT2D eigenvalue weighted by atomic mass is 9.93. The molecule has 7 aromatic heterocycles. The predicted octanol–water partition coefficient (Wildman–Crippen LogP) is 9.04. The van der Waals surface area contributed by atoms with Gasteiger partial charge in [-0.1, -0.05) is 0 Å². The van der Waals surface area contributed by atoms with Crippen molar-refractivity contribution >= 4 is 99.5 Å². The van der Waals surface area contributed by atoms with Crippen molar-refractivity contribution in [2.24, 2.45) is 17.8 Å². The average molecular weight is 980 g/mol. The summed E-state index contributed by atoms with van der Waals surface area (Å²) < 4.78 is 10.4. The summed E-state index contributed by atoms with van der Waals surface area (Å²) in [4.78, 5) is 74.4. The summed E-state index contributed by atoms with van der Waals surface area (Å²) in [6, 6.07) is 5.61. The van der Waals surface area contributed by atoms with E-state index in [2.05, 4.69) is 54.2 Å². The number of piperidine rings is 3. The molecule has 10 heterocycles. The molecule has 0 aliphatic carbocycles. The Morgan fingerprint density at radius 1 is 0.588 bits per heavy atom. The number of aryl methyl sites for hydroxylation is 1. The molecule has 3 aliphatic rings. The standard InChI is InChI=1S/C18H21N5OS.C16H21N3O2S.C15H19N3O2S/c1-13(24)16-10-15-17(25-16)18(21-11-20-15)23-7-3-14(4-8-23)2-6-22-9-5-19-12-22;1-11(20)14-9-13-15(22-14)16(18-10-17-13)19-6-3-12(4-7-19)5-8-21-2;1-10(20)13-8-12-14(21-13)15(17-9-16-12)18-5-2-11(3-6-18)4-7-19/h5,9-12,14H,2-4,6-8H2,1H3;9-10,12H,3-8H2,1-2H3;8-9,11,19H,2-7H2,1H3. The van der Waals surface area contributed by atoms with Crippen LogP contribution in [0.15, 0.2) is 55.9 Å². The Morgan fingerprint density at radius 2 is 0.971 bits per heavy atom. The lowest BCUT2D eigenvalue weighted by Gasteiger charge is -2.33. The molecular formula is C49H61N11O5S3. The third-order valence-corrected chi connectivity index (χ3v) is 16.9. The zero-order valence-corrected chi connectivity index (χ0v) is 41.8. The van der Waals surface area contributed by atoms with Crippen LogP contribution >= 0.6 is 34.0 Å². The topological polar surface area (TPSA) is 186 Å². The second kappa shape index (κ2) is 23.3. The Balaban J connectivity index is 0.000000139. The van der Waals surface area contributed by atoms with Gasteiger partial charge in [-0.05, 0) is 115 Å². The van der Waals surface area contributed by atoms with Crippen molar-refractivity contribution in [3.8, 4) is 0 Å². The normalized spacial score (nSPS) is 16.2. The van der Waals surface area contributed by atoms with Crippen molar-refractivity contribution in [2.75, 3.05) is 74.3 Å². The smallest absolute Gasteiger partial charge is 0.169 e. The first-order valence-electron chi connectivity index (χ1n) is 23.6. The number of Topliss-reactive ketones (excluding diaryl/α,β-unsaturated/α-hetero) is 3. The van der Waals surface area contributed by atoms with Crippen molar-refractivity contribution in [2.45, 2.75) is 85.1 Å². The van der Waals surface area contributed by atoms with E-state index in [-0.39, 0.29) is 24.0 Å². The van der Waals surface area contributed by atoms with Gasteiger partial charge in [0, 0.05) is 78.5 Å². The lowest BCUT2D eigenvalue weighted by Crippen LogP contribution is -2.34. The van der Waals surface area contributed by atoms with Crippen LogP contribution in [0.4, 0.5) is 17.5 Å². The molecule has 360 valence electrons. The van der Waals surface area contributed by atoms with Crippen molar-refractivity contribution in [1.29, 1.82) is 0 Å². The van der Waals surface area contributed by atoms with Crippen LogP contribution in [-0.4, -0.2) is 122 Å². The van der Waals surface area contributed by atoms with Crippen molar-refractivity contribution in [1.82, 2.24) is 39.5 Å². The summed E-state index contributed by atoms with van der Waals surface area (Å²) in [5.74, 6) is 5.25. The predicted molar refractivity (Wildman–Crippen MR) is 272 cm³/mol. The van der Waals surface area contributed by atoms with Gasteiger partial charge in [0.2, 0.25) is 0 Å². The molecule has 68 heavy (non-hydrogen) atoms. The number of carbonyl (C=O) groups excluding carboxylic acids is 3. The van der Waals surface area contributed by atoms with Gasteiger partial charge in [0.25, 0.3) is 0 Å². The van der Waals surface area contributed by atoms with Crippen LogP contribution in [0, 0.1) is 17.8 Å². The third kappa shape index (κ3) is 12.1. The van der Waals surface area contributed by atoms with Crippen LogP contribution in [0.2, 0.25) is 0 Å². The molecule has 1 N–H and O–H groups in total. The summed E-state index contributed by atoms with van der Waals surface area (Å²) in [6.07, 6.45) is 20.6. The van der Waals surface area contributed by atoms with E-state index in [1.165, 1.54) is 66.1 Å². The molecule has 3 fully saturated rings. The van der Waals surface area contributed by atoms with E-state index >= 15 is 0 Å². The maximum absolute atomic E-state index is 11.7. The highest BCUT2D eigenvalue weighted by atomic mass is 32.1. The SMILES string of the molecule is CC(=O)c1cc2ncnc(N3CCC(CCO)CC3)c2s1.CC(=O)c1cc2ncnc(N3CCC(CCn4ccnc4)CC3)c2s1.COCCC1CCN(c2ncnc3cc(C(C)=O)sc23)CC1. The van der Waals surface area contributed by atoms with Crippen molar-refractivity contribution in [3.63, 3.8) is 0 Å². The number of hydrogen-bond acceptors (Lipinski definition) is 18. The van der Waals surface area contributed by atoms with Gasteiger partial charge in [-0.25, -0.2) is 34.9 Å². The highest BCUT2D eigenvalue weighted by Gasteiger charge is 2.26. The number of carbonyl (C=O) groups is 3. The molecule has 0 amide bonds. The quantitative estimate of drug-likeness (QED) is 0.102. The minimum Gasteiger partial charge on any atom is -0.396 e. The van der Waals surface area contributed by atoms with Crippen LogP contribution in [0.25, 0.3) is 30.6 Å². The summed E-state index contributed by atoms with van der Waals surface area (Å²) >= 11 is 4.49. The fraction of sp³-hybridized carbons (Fsp3) is 0.510. The summed E-state index contributed by atoms with van der Waals surface area (Å²) in [6.45, 7) is 12.9. The van der Waals surface area contributed by atoms with E-state index in [4.69, 9.17) is 9.84 Å². The Labute approximate surface area is 408 Å². The zero-order chi connectivity index (χ0) is 47.6. The zero-order valence-electron chi connectivity index (χ0n) is 39.4. The number of nitrogens with zero attached hydrogens (tertiary/aromatic N) is 11.